The van der Waals surface area contributed by atoms with Crippen molar-refractivity contribution in [2.45, 2.75) is 0 Å². The van der Waals surface area contributed by atoms with Gasteiger partial charge in [0.05, 0.1) is 0 Å². The van der Waals surface area contributed by atoms with E-state index >= 15 is 0 Å². The van der Waals surface area contributed by atoms with Gasteiger partial charge in [-0.15, -0.1) is 0 Å². The number of carbonyl (C=O) groups excluding carboxylic acids is 2. The van der Waals surface area contributed by atoms with Gasteiger partial charge in [-0.25, -0.2) is 16.2 Å². The number of nitrogens with zero attached hydrogens (tertiary/aromatic N) is 1. The number of nitrogens with two attached hydrogens (primary N) is 2. The van der Waals surface area contributed by atoms with E-state index in [-0.39, 0.29) is 13.2 Å². The predicted octanol–water partition coefficient (Wildman–Crippen LogP) is -0.341. The Kier molecular flexibility index (Phi) is 10.4. The molecule has 0 spiro atoms. The van der Waals surface area contributed by atoms with E-state index in [2.05, 4.69) is 27.6 Å². The summed E-state index contributed by atoms with van der Waals surface area (Å²) in [4.78, 5) is 22.2. The number of ether oxygens (including phenoxy) is 1. The number of esters is 1. The first-order valence-electron chi connectivity index (χ1n) is 3.22. The van der Waals surface area contributed by atoms with Crippen LogP contribution in [0.15, 0.2) is 12.7 Å². The van der Waals surface area contributed by atoms with Gasteiger partial charge in [-0.05, 0) is 0 Å². The highest BCUT2D eigenvalue weighted by molar-refractivity contribution is 5.81. The minimum atomic E-state index is -0.833. The molecule has 6 heteroatoms. The molecule has 0 fully saturated rings. The Balaban J connectivity index is 0. The first-order valence-corrected chi connectivity index (χ1v) is 3.22. The fourth-order valence-electron chi connectivity index (χ4n) is 0.251. The molecule has 4 N–H and O–H groups in total. The van der Waals surface area contributed by atoms with E-state index in [1.165, 1.54) is 0 Å². The van der Waals surface area contributed by atoms with Crippen LogP contribution in [0.25, 0.3) is 4.85 Å². The lowest BCUT2D eigenvalue weighted by molar-refractivity contribution is -0.137. The van der Waals surface area contributed by atoms with Crippen molar-refractivity contribution in [1.82, 2.24) is 0 Å². The summed E-state index contributed by atoms with van der Waals surface area (Å²) < 4.78 is 4.46. The van der Waals surface area contributed by atoms with Crippen LogP contribution < -0.4 is 11.5 Å². The second kappa shape index (κ2) is 9.97. The Bertz CT molecular complexity index is 216. The van der Waals surface area contributed by atoms with Crippen molar-refractivity contribution in [3.63, 3.8) is 0 Å². The summed E-state index contributed by atoms with van der Waals surface area (Å²) in [6.45, 7) is 9.88. The molecule has 0 heterocycles. The third-order valence-electron chi connectivity index (χ3n) is 0.614. The van der Waals surface area contributed by atoms with E-state index in [1.807, 2.05) is 0 Å². The molecule has 0 aliphatic rings. The molecule has 0 bridgehead atoms. The van der Waals surface area contributed by atoms with Gasteiger partial charge in [0, 0.05) is 6.08 Å². The number of primary amides is 2. The molecule has 0 aliphatic carbocycles. The molecule has 0 aliphatic heterocycles. The quantitative estimate of drug-likeness (QED) is 0.272. The summed E-state index contributed by atoms with van der Waals surface area (Å²) in [5.74, 6) is -0.473. The summed E-state index contributed by atoms with van der Waals surface area (Å²) >= 11 is 0. The molecule has 0 aromatic heterocycles. The summed E-state index contributed by atoms with van der Waals surface area (Å²) in [6.07, 6.45) is 1.07. The van der Waals surface area contributed by atoms with Crippen LogP contribution in [0, 0.1) is 6.57 Å². The van der Waals surface area contributed by atoms with Crippen molar-refractivity contribution < 1.29 is 14.3 Å². The molecule has 13 heavy (non-hydrogen) atoms. The maximum absolute atomic E-state index is 10.2. The molecule has 0 saturated carbocycles. The van der Waals surface area contributed by atoms with Gasteiger partial charge < -0.3 is 21.0 Å². The smallest absolute Gasteiger partial charge is 0.330 e. The lowest BCUT2D eigenvalue weighted by Crippen LogP contribution is -2.18. The van der Waals surface area contributed by atoms with Crippen LogP contribution in [0.3, 0.4) is 0 Å². The highest BCUT2D eigenvalue weighted by atomic mass is 16.5. The molecule has 2 amide bonds. The summed E-state index contributed by atoms with van der Waals surface area (Å²) in [6, 6.07) is -0.833. The average Bonchev–Trinajstić information content (AvgIpc) is 2.03. The van der Waals surface area contributed by atoms with Crippen molar-refractivity contribution in [1.29, 1.82) is 0 Å². The maximum Gasteiger partial charge on any atom is 0.330 e. The molecule has 0 aromatic carbocycles. The van der Waals surface area contributed by atoms with E-state index in [9.17, 15) is 4.79 Å². The van der Waals surface area contributed by atoms with Gasteiger partial charge >= 0.3 is 12.0 Å². The molecule has 0 atom stereocenters. The predicted molar refractivity (Wildman–Crippen MR) is 46.4 cm³/mol. The number of carbonyl (C=O) groups is 2. The summed E-state index contributed by atoms with van der Waals surface area (Å²) in [7, 11) is 0. The number of rotatable bonds is 3. The van der Waals surface area contributed by atoms with Crippen LogP contribution in [0.2, 0.25) is 0 Å². The number of urea groups is 1. The zero-order chi connectivity index (χ0) is 10.7. The Morgan fingerprint density at radius 3 is 2.31 bits per heavy atom. The molecule has 0 radical (unpaired) electrons. The third kappa shape index (κ3) is 25.6. The summed E-state index contributed by atoms with van der Waals surface area (Å²) in [5.41, 5.74) is 8.50. The van der Waals surface area contributed by atoms with Crippen LogP contribution in [-0.2, 0) is 9.53 Å². The van der Waals surface area contributed by atoms with E-state index in [4.69, 9.17) is 11.4 Å². The van der Waals surface area contributed by atoms with E-state index < -0.39 is 12.0 Å². The Morgan fingerprint density at radius 1 is 1.54 bits per heavy atom. The second-order valence-corrected chi connectivity index (χ2v) is 1.66. The lowest BCUT2D eigenvalue weighted by atomic mass is 10.6. The van der Waals surface area contributed by atoms with Gasteiger partial charge in [-0.1, -0.05) is 6.58 Å². The molecule has 6 nitrogen and oxygen atoms in total. The Hall–Kier alpha value is -2.03. The average molecular weight is 185 g/mol. The van der Waals surface area contributed by atoms with E-state index in [1.54, 1.807) is 0 Å². The van der Waals surface area contributed by atoms with Crippen molar-refractivity contribution in [2.24, 2.45) is 11.5 Å². The topological polar surface area (TPSA) is 99.8 Å². The molecule has 0 aromatic rings. The molecular formula is C7H11N3O3. The van der Waals surface area contributed by atoms with Crippen LogP contribution in [0.4, 0.5) is 4.79 Å². The Labute approximate surface area is 76.0 Å². The van der Waals surface area contributed by atoms with Crippen LogP contribution in [-0.4, -0.2) is 25.2 Å². The van der Waals surface area contributed by atoms with Gasteiger partial charge in [0.15, 0.2) is 6.61 Å². The largest absolute Gasteiger partial charge is 0.455 e. The molecule has 0 unspecified atom stereocenters. The molecule has 72 valence electrons. The molecule has 0 rings (SSSR count). The van der Waals surface area contributed by atoms with E-state index in [0.29, 0.717) is 0 Å². The van der Waals surface area contributed by atoms with Crippen molar-refractivity contribution >= 4 is 12.0 Å². The van der Waals surface area contributed by atoms with Crippen LogP contribution in [0.5, 0.6) is 0 Å². The molecular weight excluding hydrogens is 174 g/mol. The maximum atomic E-state index is 10.2. The number of hydrogen-bond acceptors (Lipinski definition) is 3. The second-order valence-electron chi connectivity index (χ2n) is 1.66. The van der Waals surface area contributed by atoms with Gasteiger partial charge in [0.25, 0.3) is 0 Å². The van der Waals surface area contributed by atoms with Crippen LogP contribution in [0.1, 0.15) is 0 Å². The normalized spacial score (nSPS) is 7.00. The van der Waals surface area contributed by atoms with Gasteiger partial charge in [0.2, 0.25) is 6.54 Å². The van der Waals surface area contributed by atoms with E-state index in [0.717, 1.165) is 6.08 Å². The first kappa shape index (κ1) is 13.6. The SMILES string of the molecule is NC(N)=O.[C-]#[N+]CCOC(=O)C=C. The van der Waals surface area contributed by atoms with Crippen molar-refractivity contribution in [3.05, 3.63) is 24.1 Å². The fourth-order valence-corrected chi connectivity index (χ4v) is 0.251. The standard InChI is InChI=1S/C6H7NO2.CH4N2O/c1-3-6(8)9-5-4-7-2;2-1(3)4/h3H,1,4-5H2;(H4,2,3,4). The van der Waals surface area contributed by atoms with Crippen molar-refractivity contribution in [2.75, 3.05) is 13.2 Å². The zero-order valence-electron chi connectivity index (χ0n) is 7.03. The molecule has 0 saturated heterocycles. The fraction of sp³-hybridized carbons (Fsp3) is 0.286. The Morgan fingerprint density at radius 2 is 2.00 bits per heavy atom. The first-order chi connectivity index (χ1) is 6.04. The highest BCUT2D eigenvalue weighted by Gasteiger charge is 1.93. The minimum Gasteiger partial charge on any atom is -0.455 e. The zero-order valence-corrected chi connectivity index (χ0v) is 7.03. The van der Waals surface area contributed by atoms with Crippen molar-refractivity contribution in [3.8, 4) is 0 Å². The van der Waals surface area contributed by atoms with Gasteiger partial charge in [-0.3, -0.25) is 0 Å². The summed E-state index contributed by atoms with van der Waals surface area (Å²) in [5, 5.41) is 0. The third-order valence-corrected chi connectivity index (χ3v) is 0.614. The minimum absolute atomic E-state index is 0.161. The van der Waals surface area contributed by atoms with Gasteiger partial charge in [0.1, 0.15) is 0 Å². The number of hydrogen-bond donors (Lipinski definition) is 2. The van der Waals surface area contributed by atoms with Crippen LogP contribution >= 0.6 is 0 Å². The highest BCUT2D eigenvalue weighted by Crippen LogP contribution is 1.78. The monoisotopic (exact) mass is 185 g/mol. The lowest BCUT2D eigenvalue weighted by Gasteiger charge is -1.92. The number of amides is 2. The van der Waals surface area contributed by atoms with Gasteiger partial charge in [-0.2, -0.15) is 0 Å².